The highest BCUT2D eigenvalue weighted by Crippen LogP contribution is 2.33. The molecule has 0 unspecified atom stereocenters. The Morgan fingerprint density at radius 3 is 2.32 bits per heavy atom. The molecule has 9 heteroatoms. The Hall–Kier alpha value is -3.98. The Balaban J connectivity index is 1.93. The van der Waals surface area contributed by atoms with E-state index in [9.17, 15) is 18.0 Å². The summed E-state index contributed by atoms with van der Waals surface area (Å²) in [5.74, 6) is -1.02. The van der Waals surface area contributed by atoms with Gasteiger partial charge in [-0.15, -0.1) is 0 Å². The molecule has 0 saturated carbocycles. The molecule has 0 radical (unpaired) electrons. The average molecular weight is 479 g/mol. The molecule has 0 spiro atoms. The smallest absolute Gasteiger partial charge is 0.342 e. The molecule has 2 aromatic heterocycles. The number of hydrogen-bond donors (Lipinski definition) is 0. The minimum Gasteiger partial charge on any atom is -0.462 e. The summed E-state index contributed by atoms with van der Waals surface area (Å²) < 4.78 is 38.9. The van der Waals surface area contributed by atoms with Crippen molar-refractivity contribution in [2.45, 2.75) is 25.7 Å². The van der Waals surface area contributed by atoms with Crippen LogP contribution in [0.4, 0.5) is 5.69 Å². The molecule has 34 heavy (non-hydrogen) atoms. The van der Waals surface area contributed by atoms with Crippen LogP contribution in [-0.2, 0) is 14.8 Å². The minimum atomic E-state index is -4.31. The van der Waals surface area contributed by atoms with E-state index in [1.807, 2.05) is 6.92 Å². The maximum absolute atomic E-state index is 13.7. The maximum Gasteiger partial charge on any atom is 0.342 e. The number of pyridine rings is 1. The number of sulfonamides is 1. The number of aromatic nitrogens is 1. The third kappa shape index (κ3) is 4.17. The first-order valence-electron chi connectivity index (χ1n) is 10.5. The highest BCUT2D eigenvalue weighted by molar-refractivity contribution is 7.93. The topological polar surface area (TPSA) is 107 Å². The van der Waals surface area contributed by atoms with Crippen molar-refractivity contribution < 1.29 is 27.2 Å². The van der Waals surface area contributed by atoms with Crippen molar-refractivity contribution in [2.24, 2.45) is 0 Å². The van der Waals surface area contributed by atoms with Crippen LogP contribution in [0, 0.1) is 13.8 Å². The Morgan fingerprint density at radius 2 is 1.68 bits per heavy atom. The predicted molar refractivity (Wildman–Crippen MR) is 126 cm³/mol. The summed E-state index contributed by atoms with van der Waals surface area (Å²) in [6.07, 6.45) is 2.82. The van der Waals surface area contributed by atoms with Crippen LogP contribution >= 0.6 is 0 Å². The second-order valence-electron chi connectivity index (χ2n) is 7.56. The second kappa shape index (κ2) is 9.11. The van der Waals surface area contributed by atoms with Gasteiger partial charge in [-0.1, -0.05) is 17.7 Å². The van der Waals surface area contributed by atoms with Crippen LogP contribution in [0.3, 0.4) is 0 Å². The summed E-state index contributed by atoms with van der Waals surface area (Å²) in [6, 6.07) is 13.5. The first kappa shape index (κ1) is 23.2. The van der Waals surface area contributed by atoms with Gasteiger partial charge < -0.3 is 9.15 Å². The summed E-state index contributed by atoms with van der Waals surface area (Å²) in [6.45, 7) is 5.31. The lowest BCUT2D eigenvalue weighted by Gasteiger charge is -2.23. The Morgan fingerprint density at radius 1 is 1.00 bits per heavy atom. The van der Waals surface area contributed by atoms with E-state index in [0.717, 1.165) is 9.87 Å². The number of benzene rings is 2. The van der Waals surface area contributed by atoms with E-state index in [1.54, 1.807) is 26.0 Å². The van der Waals surface area contributed by atoms with Crippen molar-refractivity contribution in [3.05, 3.63) is 89.4 Å². The molecule has 0 aliphatic heterocycles. The number of fused-ring (bicyclic) bond motifs is 1. The summed E-state index contributed by atoms with van der Waals surface area (Å²) in [7, 11) is -4.31. The van der Waals surface area contributed by atoms with Crippen molar-refractivity contribution in [3.63, 3.8) is 0 Å². The highest BCUT2D eigenvalue weighted by Gasteiger charge is 2.33. The van der Waals surface area contributed by atoms with Crippen LogP contribution < -0.4 is 4.31 Å². The largest absolute Gasteiger partial charge is 0.462 e. The minimum absolute atomic E-state index is 0.0467. The lowest BCUT2D eigenvalue weighted by atomic mass is 10.1. The van der Waals surface area contributed by atoms with E-state index in [0.29, 0.717) is 16.7 Å². The first-order valence-corrected chi connectivity index (χ1v) is 11.9. The molecule has 2 aromatic carbocycles. The number of esters is 1. The van der Waals surface area contributed by atoms with Crippen molar-refractivity contribution in [3.8, 4) is 0 Å². The molecule has 0 bridgehead atoms. The van der Waals surface area contributed by atoms with Gasteiger partial charge >= 0.3 is 5.97 Å². The number of anilines is 1. The van der Waals surface area contributed by atoms with Gasteiger partial charge in [0.25, 0.3) is 15.9 Å². The number of furan rings is 1. The van der Waals surface area contributed by atoms with Crippen molar-refractivity contribution in [2.75, 3.05) is 10.9 Å². The van der Waals surface area contributed by atoms with Crippen LogP contribution in [0.2, 0.25) is 0 Å². The van der Waals surface area contributed by atoms with Gasteiger partial charge in [0, 0.05) is 23.3 Å². The van der Waals surface area contributed by atoms with E-state index < -0.39 is 21.9 Å². The van der Waals surface area contributed by atoms with Gasteiger partial charge in [0.1, 0.15) is 16.9 Å². The standard InChI is InChI=1S/C25H22N2O6S/c1-4-32-25(29)23-17(3)33-22-10-7-19(15-21(22)23)27(24(28)18-11-13-26-14-12-18)34(30,31)20-8-5-16(2)6-9-20/h5-15H,4H2,1-3H3. The number of aryl methyl sites for hydroxylation is 2. The molecule has 0 fully saturated rings. The van der Waals surface area contributed by atoms with E-state index >= 15 is 0 Å². The van der Waals surface area contributed by atoms with Gasteiger partial charge in [-0.2, -0.15) is 4.31 Å². The monoisotopic (exact) mass is 478 g/mol. The SMILES string of the molecule is CCOC(=O)c1c(C)oc2ccc(N(C(=O)c3ccncc3)S(=O)(=O)c3ccc(C)cc3)cc12. The molecule has 174 valence electrons. The van der Waals surface area contributed by atoms with E-state index in [2.05, 4.69) is 4.98 Å². The third-order valence-corrected chi connectivity index (χ3v) is 6.96. The second-order valence-corrected chi connectivity index (χ2v) is 9.34. The Bertz CT molecular complexity index is 1480. The molecule has 0 aliphatic carbocycles. The van der Waals surface area contributed by atoms with Gasteiger partial charge in [0.15, 0.2) is 0 Å². The summed E-state index contributed by atoms with van der Waals surface area (Å²) in [5, 5.41) is 0.347. The van der Waals surface area contributed by atoms with Gasteiger partial charge in [0.05, 0.1) is 17.2 Å². The van der Waals surface area contributed by atoms with Crippen molar-refractivity contribution in [1.29, 1.82) is 0 Å². The van der Waals surface area contributed by atoms with Crippen LogP contribution in [0.25, 0.3) is 11.0 Å². The van der Waals surface area contributed by atoms with Crippen LogP contribution in [0.15, 0.2) is 76.3 Å². The quantitative estimate of drug-likeness (QED) is 0.371. The molecular weight excluding hydrogens is 456 g/mol. The summed E-state index contributed by atoms with van der Waals surface area (Å²) >= 11 is 0. The van der Waals surface area contributed by atoms with Gasteiger partial charge in [0.2, 0.25) is 0 Å². The Labute approximate surface area is 196 Å². The molecule has 4 aromatic rings. The lowest BCUT2D eigenvalue weighted by Crippen LogP contribution is -2.37. The number of carbonyl (C=O) groups excluding carboxylic acids is 2. The van der Waals surface area contributed by atoms with Crippen LogP contribution in [-0.4, -0.2) is 31.9 Å². The average Bonchev–Trinajstić information content (AvgIpc) is 3.15. The lowest BCUT2D eigenvalue weighted by molar-refractivity contribution is 0.0526. The number of nitrogens with zero attached hydrogens (tertiary/aromatic N) is 2. The first-order chi connectivity index (χ1) is 16.2. The van der Waals surface area contributed by atoms with Crippen molar-refractivity contribution in [1.82, 2.24) is 4.98 Å². The molecular formula is C25H22N2O6S. The van der Waals surface area contributed by atoms with E-state index in [1.165, 1.54) is 54.9 Å². The molecule has 8 nitrogen and oxygen atoms in total. The molecule has 0 saturated heterocycles. The van der Waals surface area contributed by atoms with Gasteiger partial charge in [-0.05, 0) is 63.2 Å². The molecule has 2 heterocycles. The normalized spacial score (nSPS) is 11.4. The summed E-state index contributed by atoms with van der Waals surface area (Å²) in [4.78, 5) is 29.9. The van der Waals surface area contributed by atoms with E-state index in [-0.39, 0.29) is 28.3 Å². The highest BCUT2D eigenvalue weighted by atomic mass is 32.2. The number of ether oxygens (including phenoxy) is 1. The van der Waals surface area contributed by atoms with Gasteiger partial charge in [-0.25, -0.2) is 13.2 Å². The van der Waals surface area contributed by atoms with Gasteiger partial charge in [-0.3, -0.25) is 9.78 Å². The fourth-order valence-electron chi connectivity index (χ4n) is 3.58. The third-order valence-electron chi connectivity index (χ3n) is 5.23. The zero-order valence-electron chi connectivity index (χ0n) is 18.8. The van der Waals surface area contributed by atoms with Crippen LogP contribution in [0.5, 0.6) is 0 Å². The van der Waals surface area contributed by atoms with Crippen molar-refractivity contribution >= 4 is 38.6 Å². The zero-order chi connectivity index (χ0) is 24.5. The van der Waals surface area contributed by atoms with Crippen LogP contribution in [0.1, 0.15) is 39.0 Å². The fourth-order valence-corrected chi connectivity index (χ4v) is 4.99. The zero-order valence-corrected chi connectivity index (χ0v) is 19.6. The molecule has 0 aliphatic rings. The Kier molecular flexibility index (Phi) is 6.21. The fraction of sp³-hybridized carbons (Fsp3) is 0.160. The maximum atomic E-state index is 13.7. The molecule has 0 atom stereocenters. The molecule has 4 rings (SSSR count). The molecule has 0 N–H and O–H groups in total. The summed E-state index contributed by atoms with van der Waals surface area (Å²) in [5.41, 5.74) is 1.62. The predicted octanol–water partition coefficient (Wildman–Crippen LogP) is 4.66. The molecule has 1 amide bonds. The number of hydrogen-bond acceptors (Lipinski definition) is 7. The van der Waals surface area contributed by atoms with E-state index in [4.69, 9.17) is 9.15 Å². The number of rotatable bonds is 6. The number of amides is 1. The number of carbonyl (C=O) groups is 2.